The third-order valence-electron chi connectivity index (χ3n) is 7.14. The van der Waals surface area contributed by atoms with Crippen molar-refractivity contribution in [3.05, 3.63) is 53.0 Å². The third-order valence-corrected chi connectivity index (χ3v) is 8.95. The standard InChI is InChI=1S/C22H27NO3S/c1-16-8-10-18(11-9-16)27(24,25)23-14-21(2)13-22(21,15-23)20-19-7-5-3-4-6-17(19)12-26-20/h8-12H,3-7,13-15H2,1-2H3. The van der Waals surface area contributed by atoms with Crippen molar-refractivity contribution < 1.29 is 12.8 Å². The fourth-order valence-corrected chi connectivity index (χ4v) is 7.00. The summed E-state index contributed by atoms with van der Waals surface area (Å²) in [6, 6.07) is 7.19. The molecule has 5 rings (SSSR count). The van der Waals surface area contributed by atoms with Gasteiger partial charge >= 0.3 is 0 Å². The summed E-state index contributed by atoms with van der Waals surface area (Å²) in [4.78, 5) is 0.395. The van der Waals surface area contributed by atoms with E-state index in [0.717, 1.165) is 30.6 Å². The number of fused-ring (bicyclic) bond motifs is 2. The number of benzene rings is 1. The van der Waals surface area contributed by atoms with Gasteiger partial charge in [-0.15, -0.1) is 0 Å². The van der Waals surface area contributed by atoms with Crippen LogP contribution in [0.4, 0.5) is 0 Å². The maximum atomic E-state index is 13.2. The molecule has 2 aromatic rings. The Hall–Kier alpha value is -1.59. The maximum Gasteiger partial charge on any atom is 0.243 e. The summed E-state index contributed by atoms with van der Waals surface area (Å²) in [7, 11) is -3.46. The number of hydrogen-bond donors (Lipinski definition) is 0. The monoisotopic (exact) mass is 385 g/mol. The van der Waals surface area contributed by atoms with E-state index in [0.29, 0.717) is 18.0 Å². The summed E-state index contributed by atoms with van der Waals surface area (Å²) in [6.07, 6.45) is 8.84. The average Bonchev–Trinajstić information content (AvgIpc) is 2.95. The Morgan fingerprint density at radius 2 is 1.78 bits per heavy atom. The first kappa shape index (κ1) is 17.5. The number of hydrogen-bond acceptors (Lipinski definition) is 3. The molecule has 144 valence electrons. The van der Waals surface area contributed by atoms with E-state index in [-0.39, 0.29) is 10.8 Å². The van der Waals surface area contributed by atoms with Crippen LogP contribution in [-0.4, -0.2) is 25.8 Å². The topological polar surface area (TPSA) is 50.5 Å². The fourth-order valence-electron chi connectivity index (χ4n) is 5.38. The van der Waals surface area contributed by atoms with Crippen LogP contribution < -0.4 is 0 Å². The summed E-state index contributed by atoms with van der Waals surface area (Å²) < 4.78 is 34.2. The molecule has 2 atom stereocenters. The molecule has 4 nitrogen and oxygen atoms in total. The van der Waals surface area contributed by atoms with Gasteiger partial charge in [-0.2, -0.15) is 4.31 Å². The molecular weight excluding hydrogens is 358 g/mol. The van der Waals surface area contributed by atoms with E-state index in [1.807, 2.05) is 25.3 Å². The molecule has 2 fully saturated rings. The molecule has 0 N–H and O–H groups in total. The zero-order valence-electron chi connectivity index (χ0n) is 16.1. The molecular formula is C22H27NO3S. The Morgan fingerprint density at radius 3 is 2.56 bits per heavy atom. The highest BCUT2D eigenvalue weighted by Gasteiger charge is 2.73. The van der Waals surface area contributed by atoms with Gasteiger partial charge < -0.3 is 4.42 Å². The first-order valence-corrected chi connectivity index (χ1v) is 11.5. The van der Waals surface area contributed by atoms with Crippen molar-refractivity contribution in [1.82, 2.24) is 4.31 Å². The molecule has 1 aliphatic heterocycles. The lowest BCUT2D eigenvalue weighted by atomic mass is 9.90. The van der Waals surface area contributed by atoms with E-state index in [4.69, 9.17) is 4.42 Å². The highest BCUT2D eigenvalue weighted by Crippen LogP contribution is 2.70. The first-order valence-electron chi connectivity index (χ1n) is 10.0. The largest absolute Gasteiger partial charge is 0.468 e. The lowest BCUT2D eigenvalue weighted by Crippen LogP contribution is -2.33. The highest BCUT2D eigenvalue weighted by molar-refractivity contribution is 7.89. The predicted octanol–water partition coefficient (Wildman–Crippen LogP) is 4.21. The van der Waals surface area contributed by atoms with Crippen LogP contribution in [0.5, 0.6) is 0 Å². The molecule has 2 heterocycles. The van der Waals surface area contributed by atoms with Crippen molar-refractivity contribution in [3.63, 3.8) is 0 Å². The zero-order chi connectivity index (χ0) is 18.9. The molecule has 0 bridgehead atoms. The van der Waals surface area contributed by atoms with Gasteiger partial charge in [-0.3, -0.25) is 0 Å². The zero-order valence-corrected chi connectivity index (χ0v) is 16.9. The van der Waals surface area contributed by atoms with Crippen LogP contribution >= 0.6 is 0 Å². The van der Waals surface area contributed by atoms with E-state index in [9.17, 15) is 8.42 Å². The van der Waals surface area contributed by atoms with Crippen LogP contribution in [-0.2, 0) is 28.3 Å². The van der Waals surface area contributed by atoms with Gasteiger partial charge in [0.25, 0.3) is 0 Å². The number of piperidine rings is 1. The van der Waals surface area contributed by atoms with Gasteiger partial charge in [0, 0.05) is 18.5 Å². The van der Waals surface area contributed by atoms with Crippen LogP contribution in [0.25, 0.3) is 0 Å². The van der Waals surface area contributed by atoms with E-state index < -0.39 is 10.0 Å². The van der Waals surface area contributed by atoms with Gasteiger partial charge in [0.05, 0.1) is 11.2 Å². The summed E-state index contributed by atoms with van der Waals surface area (Å²) in [6.45, 7) is 5.32. The Morgan fingerprint density at radius 1 is 1.04 bits per heavy atom. The summed E-state index contributed by atoms with van der Waals surface area (Å²) in [5, 5.41) is 0. The molecule has 3 aliphatic rings. The molecule has 5 heteroatoms. The van der Waals surface area contributed by atoms with Gasteiger partial charge in [0.15, 0.2) is 0 Å². The predicted molar refractivity (Wildman–Crippen MR) is 104 cm³/mol. The third kappa shape index (κ3) is 2.47. The van der Waals surface area contributed by atoms with Crippen molar-refractivity contribution in [1.29, 1.82) is 0 Å². The number of aryl methyl sites for hydroxylation is 2. The Balaban J connectivity index is 1.49. The molecule has 2 aliphatic carbocycles. The van der Waals surface area contributed by atoms with Gasteiger partial charge in [0.1, 0.15) is 5.76 Å². The molecule has 0 radical (unpaired) electrons. The van der Waals surface area contributed by atoms with Gasteiger partial charge in [-0.1, -0.05) is 31.0 Å². The molecule has 1 saturated carbocycles. The van der Waals surface area contributed by atoms with Crippen molar-refractivity contribution in [2.45, 2.75) is 62.7 Å². The van der Waals surface area contributed by atoms with Crippen LogP contribution in [0, 0.1) is 12.3 Å². The van der Waals surface area contributed by atoms with Crippen molar-refractivity contribution in [2.75, 3.05) is 13.1 Å². The second-order valence-electron chi connectivity index (χ2n) is 9.03. The van der Waals surface area contributed by atoms with Crippen molar-refractivity contribution in [3.8, 4) is 0 Å². The number of furan rings is 1. The smallest absolute Gasteiger partial charge is 0.243 e. The number of sulfonamides is 1. The molecule has 0 amide bonds. The second kappa shape index (κ2) is 5.71. The van der Waals surface area contributed by atoms with Gasteiger partial charge in [-0.05, 0) is 67.7 Å². The second-order valence-corrected chi connectivity index (χ2v) is 11.0. The normalized spacial score (nSPS) is 30.6. The summed E-state index contributed by atoms with van der Waals surface area (Å²) in [5.74, 6) is 1.09. The minimum atomic E-state index is -3.46. The minimum absolute atomic E-state index is 0.0112. The lowest BCUT2D eigenvalue weighted by Gasteiger charge is -2.21. The quantitative estimate of drug-likeness (QED) is 0.744. The highest BCUT2D eigenvalue weighted by atomic mass is 32.2. The van der Waals surface area contributed by atoms with E-state index in [1.54, 1.807) is 16.4 Å². The maximum absolute atomic E-state index is 13.2. The fraction of sp³-hybridized carbons (Fsp3) is 0.545. The van der Waals surface area contributed by atoms with Crippen LogP contribution in [0.3, 0.4) is 0 Å². The Labute approximate surface area is 161 Å². The number of rotatable bonds is 3. The lowest BCUT2D eigenvalue weighted by molar-refractivity contribution is 0.397. The van der Waals surface area contributed by atoms with Crippen molar-refractivity contribution >= 4 is 10.0 Å². The molecule has 27 heavy (non-hydrogen) atoms. The molecule has 1 saturated heterocycles. The van der Waals surface area contributed by atoms with E-state index in [2.05, 4.69) is 6.92 Å². The summed E-state index contributed by atoms with van der Waals surface area (Å²) in [5.41, 5.74) is 3.66. The molecule has 1 aromatic carbocycles. The summed E-state index contributed by atoms with van der Waals surface area (Å²) >= 11 is 0. The number of nitrogens with zero attached hydrogens (tertiary/aromatic N) is 1. The Kier molecular flexibility index (Phi) is 3.70. The minimum Gasteiger partial charge on any atom is -0.468 e. The molecule has 0 spiro atoms. The van der Waals surface area contributed by atoms with Crippen LogP contribution in [0.2, 0.25) is 0 Å². The van der Waals surface area contributed by atoms with Crippen molar-refractivity contribution in [2.24, 2.45) is 5.41 Å². The van der Waals surface area contributed by atoms with E-state index in [1.165, 1.54) is 30.4 Å². The van der Waals surface area contributed by atoms with Gasteiger partial charge in [0.2, 0.25) is 10.0 Å². The SMILES string of the molecule is Cc1ccc(S(=O)(=O)N2CC3(C)CC3(c3occ4c3CCCCC4)C2)cc1. The van der Waals surface area contributed by atoms with Gasteiger partial charge in [-0.25, -0.2) is 8.42 Å². The van der Waals surface area contributed by atoms with Crippen LogP contribution in [0.1, 0.15) is 55.1 Å². The van der Waals surface area contributed by atoms with Crippen LogP contribution in [0.15, 0.2) is 39.8 Å². The van der Waals surface area contributed by atoms with E-state index >= 15 is 0 Å². The molecule has 2 unspecified atom stereocenters. The molecule has 1 aromatic heterocycles. The average molecular weight is 386 g/mol. The Bertz CT molecular complexity index is 991. The first-order chi connectivity index (χ1) is 12.9.